The second kappa shape index (κ2) is 10.8. The lowest BCUT2D eigenvalue weighted by Crippen LogP contribution is -1.99. The van der Waals surface area contributed by atoms with Crippen molar-refractivity contribution in [2.75, 3.05) is 13.2 Å². The van der Waals surface area contributed by atoms with Crippen LogP contribution in [0, 0.1) is 0 Å². The SMILES string of the molecule is CCCCCOc1ccc(-c2ccccc2-c2ccc(C(C)OCC)cc2)cc1. The van der Waals surface area contributed by atoms with E-state index < -0.39 is 0 Å². The third-order valence-electron chi connectivity index (χ3n) is 5.22. The molecule has 2 nitrogen and oxygen atoms in total. The number of unbranched alkanes of at least 4 members (excludes halogenated alkanes) is 2. The monoisotopic (exact) mass is 388 g/mol. The van der Waals surface area contributed by atoms with Crippen molar-refractivity contribution in [2.45, 2.75) is 46.1 Å². The number of benzene rings is 3. The van der Waals surface area contributed by atoms with Gasteiger partial charge in [-0.25, -0.2) is 0 Å². The minimum absolute atomic E-state index is 0.120. The van der Waals surface area contributed by atoms with Crippen molar-refractivity contribution in [3.8, 4) is 28.0 Å². The summed E-state index contributed by atoms with van der Waals surface area (Å²) in [4.78, 5) is 0. The zero-order valence-electron chi connectivity index (χ0n) is 17.9. The summed E-state index contributed by atoms with van der Waals surface area (Å²) in [6.07, 6.45) is 3.66. The summed E-state index contributed by atoms with van der Waals surface area (Å²) >= 11 is 0. The van der Waals surface area contributed by atoms with Gasteiger partial charge in [-0.1, -0.05) is 80.4 Å². The first-order valence-electron chi connectivity index (χ1n) is 10.8. The molecule has 0 fully saturated rings. The molecule has 3 aromatic carbocycles. The molecule has 2 heteroatoms. The van der Waals surface area contributed by atoms with E-state index in [2.05, 4.69) is 86.6 Å². The summed E-state index contributed by atoms with van der Waals surface area (Å²) in [5.74, 6) is 0.941. The van der Waals surface area contributed by atoms with Crippen LogP contribution in [0.25, 0.3) is 22.3 Å². The normalized spacial score (nSPS) is 12.0. The molecule has 0 radical (unpaired) electrons. The number of hydrogen-bond acceptors (Lipinski definition) is 2. The maximum Gasteiger partial charge on any atom is 0.119 e. The molecule has 0 heterocycles. The van der Waals surface area contributed by atoms with E-state index in [0.717, 1.165) is 25.4 Å². The van der Waals surface area contributed by atoms with Gasteiger partial charge in [0.1, 0.15) is 5.75 Å². The van der Waals surface area contributed by atoms with Crippen LogP contribution in [0.3, 0.4) is 0 Å². The molecule has 0 bridgehead atoms. The van der Waals surface area contributed by atoms with Gasteiger partial charge in [-0.2, -0.15) is 0 Å². The average Bonchev–Trinajstić information content (AvgIpc) is 2.77. The highest BCUT2D eigenvalue weighted by molar-refractivity contribution is 5.83. The van der Waals surface area contributed by atoms with Crippen LogP contribution in [0.15, 0.2) is 72.8 Å². The third kappa shape index (κ3) is 5.71. The zero-order chi connectivity index (χ0) is 20.5. The molecule has 152 valence electrons. The molecule has 0 aromatic heterocycles. The number of rotatable bonds is 10. The van der Waals surface area contributed by atoms with Crippen LogP contribution in [-0.2, 0) is 4.74 Å². The van der Waals surface area contributed by atoms with Crippen molar-refractivity contribution >= 4 is 0 Å². The van der Waals surface area contributed by atoms with E-state index in [1.54, 1.807) is 0 Å². The lowest BCUT2D eigenvalue weighted by Gasteiger charge is -2.14. The van der Waals surface area contributed by atoms with Crippen molar-refractivity contribution in [1.82, 2.24) is 0 Å². The van der Waals surface area contributed by atoms with E-state index in [0.29, 0.717) is 0 Å². The van der Waals surface area contributed by atoms with Crippen LogP contribution in [0.5, 0.6) is 5.75 Å². The molecule has 0 N–H and O–H groups in total. The Morgan fingerprint density at radius 3 is 1.86 bits per heavy atom. The molecule has 1 unspecified atom stereocenters. The van der Waals surface area contributed by atoms with Gasteiger partial charge in [0.15, 0.2) is 0 Å². The van der Waals surface area contributed by atoms with Gasteiger partial charge in [-0.3, -0.25) is 0 Å². The Balaban J connectivity index is 1.78. The lowest BCUT2D eigenvalue weighted by atomic mass is 9.94. The van der Waals surface area contributed by atoms with Gasteiger partial charge >= 0.3 is 0 Å². The molecule has 0 aliphatic carbocycles. The minimum atomic E-state index is 0.120. The van der Waals surface area contributed by atoms with Crippen LogP contribution in [0.1, 0.15) is 51.7 Å². The first-order chi connectivity index (χ1) is 14.2. The van der Waals surface area contributed by atoms with Gasteiger partial charge in [0.25, 0.3) is 0 Å². The highest BCUT2D eigenvalue weighted by Crippen LogP contribution is 2.33. The quantitative estimate of drug-likeness (QED) is 0.331. The molecule has 0 spiro atoms. The standard InChI is InChI=1S/C27H32O2/c1-4-6-9-20-29-25-18-16-24(17-19-25)27-11-8-7-10-26(27)23-14-12-22(13-15-23)21(3)28-5-2/h7-8,10-19,21H,4-6,9,20H2,1-3H3. The van der Waals surface area contributed by atoms with Crippen LogP contribution in [-0.4, -0.2) is 13.2 Å². The summed E-state index contributed by atoms with van der Waals surface area (Å²) < 4.78 is 11.6. The second-order valence-electron chi connectivity index (χ2n) is 7.35. The molecular formula is C27H32O2. The molecular weight excluding hydrogens is 356 g/mol. The molecule has 29 heavy (non-hydrogen) atoms. The predicted octanol–water partition coefficient (Wildman–Crippen LogP) is 7.69. The fourth-order valence-electron chi connectivity index (χ4n) is 3.54. The largest absolute Gasteiger partial charge is 0.494 e. The Bertz CT molecular complexity index is 866. The summed E-state index contributed by atoms with van der Waals surface area (Å²) in [6.45, 7) is 7.85. The molecule has 3 aromatic rings. The van der Waals surface area contributed by atoms with E-state index in [4.69, 9.17) is 9.47 Å². The average molecular weight is 389 g/mol. The van der Waals surface area contributed by atoms with Crippen molar-refractivity contribution in [3.05, 3.63) is 78.4 Å². The topological polar surface area (TPSA) is 18.5 Å². The highest BCUT2D eigenvalue weighted by Gasteiger charge is 2.09. The lowest BCUT2D eigenvalue weighted by molar-refractivity contribution is 0.0764. The predicted molar refractivity (Wildman–Crippen MR) is 122 cm³/mol. The minimum Gasteiger partial charge on any atom is -0.494 e. The second-order valence-corrected chi connectivity index (χ2v) is 7.35. The van der Waals surface area contributed by atoms with Gasteiger partial charge in [-0.05, 0) is 60.2 Å². The maximum atomic E-state index is 5.86. The van der Waals surface area contributed by atoms with E-state index in [9.17, 15) is 0 Å². The van der Waals surface area contributed by atoms with Gasteiger partial charge in [0.2, 0.25) is 0 Å². The summed E-state index contributed by atoms with van der Waals surface area (Å²) in [5, 5.41) is 0. The van der Waals surface area contributed by atoms with Gasteiger partial charge < -0.3 is 9.47 Å². The van der Waals surface area contributed by atoms with Gasteiger partial charge in [0.05, 0.1) is 12.7 Å². The smallest absolute Gasteiger partial charge is 0.119 e. The fourth-order valence-corrected chi connectivity index (χ4v) is 3.54. The highest BCUT2D eigenvalue weighted by atomic mass is 16.5. The molecule has 0 aliphatic heterocycles. The Morgan fingerprint density at radius 2 is 1.31 bits per heavy atom. The van der Waals surface area contributed by atoms with Crippen molar-refractivity contribution in [2.24, 2.45) is 0 Å². The van der Waals surface area contributed by atoms with Crippen LogP contribution >= 0.6 is 0 Å². The number of hydrogen-bond donors (Lipinski definition) is 0. The van der Waals surface area contributed by atoms with Gasteiger partial charge in [-0.15, -0.1) is 0 Å². The Kier molecular flexibility index (Phi) is 7.89. The zero-order valence-corrected chi connectivity index (χ0v) is 17.9. The first kappa shape index (κ1) is 21.1. The summed E-state index contributed by atoms with van der Waals surface area (Å²) in [6, 6.07) is 25.7. The van der Waals surface area contributed by atoms with Crippen LogP contribution in [0.2, 0.25) is 0 Å². The van der Waals surface area contributed by atoms with Crippen LogP contribution in [0.4, 0.5) is 0 Å². The van der Waals surface area contributed by atoms with E-state index >= 15 is 0 Å². The number of ether oxygens (including phenoxy) is 2. The molecule has 0 saturated carbocycles. The fraction of sp³-hybridized carbons (Fsp3) is 0.333. The molecule has 1 atom stereocenters. The summed E-state index contributed by atoms with van der Waals surface area (Å²) in [5.41, 5.74) is 6.09. The Labute approximate surface area is 175 Å². The van der Waals surface area contributed by atoms with E-state index in [-0.39, 0.29) is 6.10 Å². The van der Waals surface area contributed by atoms with E-state index in [1.807, 2.05) is 6.92 Å². The maximum absolute atomic E-state index is 5.86. The molecule has 0 amide bonds. The van der Waals surface area contributed by atoms with Crippen molar-refractivity contribution < 1.29 is 9.47 Å². The van der Waals surface area contributed by atoms with E-state index in [1.165, 1.54) is 40.7 Å². The molecule has 0 aliphatic rings. The van der Waals surface area contributed by atoms with Crippen molar-refractivity contribution in [1.29, 1.82) is 0 Å². The Morgan fingerprint density at radius 1 is 0.724 bits per heavy atom. The first-order valence-corrected chi connectivity index (χ1v) is 10.8. The molecule has 0 saturated heterocycles. The van der Waals surface area contributed by atoms with Crippen molar-refractivity contribution in [3.63, 3.8) is 0 Å². The Hall–Kier alpha value is -2.58. The van der Waals surface area contributed by atoms with Crippen LogP contribution < -0.4 is 4.74 Å². The summed E-state index contributed by atoms with van der Waals surface area (Å²) in [7, 11) is 0. The van der Waals surface area contributed by atoms with Gasteiger partial charge in [0, 0.05) is 6.61 Å². The molecule has 3 rings (SSSR count). The third-order valence-corrected chi connectivity index (χ3v) is 5.22.